The summed E-state index contributed by atoms with van der Waals surface area (Å²) >= 11 is 1.40. The first-order valence-electron chi connectivity index (χ1n) is 9.15. The molecule has 1 aliphatic heterocycles. The zero-order valence-corrected chi connectivity index (χ0v) is 17.3. The molecule has 0 saturated heterocycles. The van der Waals surface area contributed by atoms with Crippen molar-refractivity contribution in [3.8, 4) is 11.5 Å². The molecule has 28 heavy (non-hydrogen) atoms. The van der Waals surface area contributed by atoms with E-state index in [0.717, 1.165) is 32.4 Å². The number of benzene rings is 1. The summed E-state index contributed by atoms with van der Waals surface area (Å²) in [6.45, 7) is 7.03. The Bertz CT molecular complexity index is 893. The van der Waals surface area contributed by atoms with Crippen LogP contribution in [-0.2, 0) is 16.1 Å². The highest BCUT2D eigenvalue weighted by atomic mass is 32.1. The fraction of sp³-hybridized carbons (Fsp3) is 0.400. The third-order valence-corrected chi connectivity index (χ3v) is 5.65. The fourth-order valence-electron chi connectivity index (χ4n) is 3.07. The molecular formula is C20H25N2O5S+. The summed E-state index contributed by atoms with van der Waals surface area (Å²) in [6, 6.07) is 5.79. The van der Waals surface area contributed by atoms with Crippen molar-refractivity contribution in [3.05, 3.63) is 39.8 Å². The van der Waals surface area contributed by atoms with Gasteiger partial charge in [-0.1, -0.05) is 0 Å². The van der Waals surface area contributed by atoms with Crippen molar-refractivity contribution in [1.82, 2.24) is 0 Å². The van der Waals surface area contributed by atoms with E-state index in [9.17, 15) is 9.59 Å². The van der Waals surface area contributed by atoms with Crippen LogP contribution >= 0.6 is 11.3 Å². The summed E-state index contributed by atoms with van der Waals surface area (Å²) in [4.78, 5) is 26.8. The van der Waals surface area contributed by atoms with Gasteiger partial charge in [0.15, 0.2) is 18.0 Å². The average Bonchev–Trinajstić information content (AvgIpc) is 3.19. The molecule has 2 heterocycles. The quantitative estimate of drug-likeness (QED) is 0.689. The van der Waals surface area contributed by atoms with E-state index in [2.05, 4.69) is 5.32 Å². The lowest BCUT2D eigenvalue weighted by Crippen LogP contribution is -3.08. The molecule has 0 aliphatic carbocycles. The number of carbonyl (C=O) groups is 2. The lowest BCUT2D eigenvalue weighted by molar-refractivity contribution is -0.885. The number of rotatable bonds is 7. The lowest BCUT2D eigenvalue weighted by atomic mass is 10.1. The maximum absolute atomic E-state index is 12.5. The highest BCUT2D eigenvalue weighted by molar-refractivity contribution is 7.16. The minimum absolute atomic E-state index is 0.148. The largest absolute Gasteiger partial charge is 0.462 e. The van der Waals surface area contributed by atoms with Crippen molar-refractivity contribution in [1.29, 1.82) is 0 Å². The number of thiophene rings is 1. The topological polar surface area (TPSA) is 78.3 Å². The summed E-state index contributed by atoms with van der Waals surface area (Å²) in [5, 5.41) is 3.43. The molecule has 3 rings (SSSR count). The molecule has 1 unspecified atom stereocenters. The first kappa shape index (κ1) is 20.2. The Hall–Kier alpha value is -2.58. The molecule has 0 saturated carbocycles. The second kappa shape index (κ2) is 8.62. The maximum Gasteiger partial charge on any atom is 0.341 e. The number of fused-ring (bicyclic) bond motifs is 1. The number of hydrogen-bond acceptors (Lipinski definition) is 6. The van der Waals surface area contributed by atoms with E-state index in [1.165, 1.54) is 11.3 Å². The number of quaternary nitrogens is 1. The summed E-state index contributed by atoms with van der Waals surface area (Å²) < 4.78 is 15.8. The van der Waals surface area contributed by atoms with Crippen LogP contribution in [0.3, 0.4) is 0 Å². The van der Waals surface area contributed by atoms with E-state index in [1.807, 2.05) is 39.1 Å². The number of anilines is 1. The standard InChI is InChI=1S/C20H24N2O5S/c1-5-25-20(24)18-12(2)13(3)28-19(18)21-17(23)10-22(4)9-14-6-7-15-16(8-14)27-11-26-15/h6-8H,5,9-11H2,1-4H3,(H,21,23)/p+1. The molecule has 1 atom stereocenters. The minimum Gasteiger partial charge on any atom is -0.462 e. The summed E-state index contributed by atoms with van der Waals surface area (Å²) in [7, 11) is 1.95. The molecule has 1 amide bonds. The highest BCUT2D eigenvalue weighted by Gasteiger charge is 2.23. The van der Waals surface area contributed by atoms with Gasteiger partial charge in [0.05, 0.1) is 19.2 Å². The first-order chi connectivity index (χ1) is 13.4. The molecule has 2 N–H and O–H groups in total. The first-order valence-corrected chi connectivity index (χ1v) is 9.97. The van der Waals surface area contributed by atoms with Gasteiger partial charge in [0, 0.05) is 10.4 Å². The number of nitrogens with one attached hydrogen (secondary N) is 2. The zero-order valence-electron chi connectivity index (χ0n) is 16.5. The molecule has 0 spiro atoms. The van der Waals surface area contributed by atoms with Gasteiger partial charge in [0.25, 0.3) is 5.91 Å². The Morgan fingerprint density at radius 1 is 1.25 bits per heavy atom. The molecule has 1 aromatic carbocycles. The van der Waals surface area contributed by atoms with E-state index in [0.29, 0.717) is 23.7 Å². The Kier molecular flexibility index (Phi) is 6.21. The van der Waals surface area contributed by atoms with Crippen LogP contribution in [0.2, 0.25) is 0 Å². The number of aryl methyl sites for hydroxylation is 1. The van der Waals surface area contributed by atoms with Crippen LogP contribution in [0.1, 0.15) is 33.3 Å². The van der Waals surface area contributed by atoms with Gasteiger partial charge in [-0.05, 0) is 44.5 Å². The molecule has 0 radical (unpaired) electrons. The lowest BCUT2D eigenvalue weighted by Gasteiger charge is -2.14. The van der Waals surface area contributed by atoms with E-state index >= 15 is 0 Å². The highest BCUT2D eigenvalue weighted by Crippen LogP contribution is 2.33. The zero-order chi connectivity index (χ0) is 20.3. The Balaban J connectivity index is 1.62. The van der Waals surface area contributed by atoms with Gasteiger partial charge in [0.2, 0.25) is 6.79 Å². The number of carbonyl (C=O) groups excluding carboxylic acids is 2. The Labute approximate surface area is 168 Å². The fourth-order valence-corrected chi connectivity index (χ4v) is 4.14. The van der Waals surface area contributed by atoms with Crippen LogP contribution in [0.25, 0.3) is 0 Å². The van der Waals surface area contributed by atoms with E-state index in [-0.39, 0.29) is 19.2 Å². The molecule has 8 heteroatoms. The van der Waals surface area contributed by atoms with Crippen molar-refractivity contribution in [2.24, 2.45) is 0 Å². The van der Waals surface area contributed by atoms with Crippen LogP contribution < -0.4 is 19.7 Å². The van der Waals surface area contributed by atoms with Crippen molar-refractivity contribution in [3.63, 3.8) is 0 Å². The van der Waals surface area contributed by atoms with Crippen molar-refractivity contribution in [2.45, 2.75) is 27.3 Å². The van der Waals surface area contributed by atoms with Gasteiger partial charge in [-0.2, -0.15) is 0 Å². The Morgan fingerprint density at radius 3 is 2.75 bits per heavy atom. The van der Waals surface area contributed by atoms with Crippen LogP contribution in [0, 0.1) is 13.8 Å². The van der Waals surface area contributed by atoms with Crippen molar-refractivity contribution >= 4 is 28.2 Å². The van der Waals surface area contributed by atoms with Gasteiger partial charge < -0.3 is 24.4 Å². The van der Waals surface area contributed by atoms with Crippen LogP contribution in [0.4, 0.5) is 5.00 Å². The third kappa shape index (κ3) is 4.45. The summed E-state index contributed by atoms with van der Waals surface area (Å²) in [6.07, 6.45) is 0. The summed E-state index contributed by atoms with van der Waals surface area (Å²) in [5.74, 6) is 0.929. The van der Waals surface area contributed by atoms with Crippen molar-refractivity contribution in [2.75, 3.05) is 32.3 Å². The van der Waals surface area contributed by atoms with Gasteiger partial charge in [-0.25, -0.2) is 4.79 Å². The summed E-state index contributed by atoms with van der Waals surface area (Å²) in [5.41, 5.74) is 2.36. The van der Waals surface area contributed by atoms with Gasteiger partial charge in [-0.3, -0.25) is 4.79 Å². The van der Waals surface area contributed by atoms with Crippen molar-refractivity contribution < 1.29 is 28.7 Å². The van der Waals surface area contributed by atoms with E-state index in [1.54, 1.807) is 6.92 Å². The Morgan fingerprint density at radius 2 is 2.00 bits per heavy atom. The monoisotopic (exact) mass is 405 g/mol. The number of ether oxygens (including phenoxy) is 3. The molecular weight excluding hydrogens is 380 g/mol. The van der Waals surface area contributed by atoms with Gasteiger partial charge >= 0.3 is 5.97 Å². The van der Waals surface area contributed by atoms with E-state index < -0.39 is 5.97 Å². The molecule has 1 aromatic heterocycles. The number of likely N-dealkylation sites (N-methyl/N-ethyl adjacent to an activating group) is 1. The second-order valence-electron chi connectivity index (χ2n) is 6.75. The molecule has 0 bridgehead atoms. The predicted molar refractivity (Wildman–Crippen MR) is 106 cm³/mol. The van der Waals surface area contributed by atoms with Crippen LogP contribution in [-0.4, -0.2) is 38.9 Å². The van der Waals surface area contributed by atoms with E-state index in [4.69, 9.17) is 14.2 Å². The molecule has 0 fully saturated rings. The number of esters is 1. The predicted octanol–water partition coefficient (Wildman–Crippen LogP) is 1.92. The maximum atomic E-state index is 12.5. The molecule has 2 aromatic rings. The second-order valence-corrected chi connectivity index (χ2v) is 7.98. The smallest absolute Gasteiger partial charge is 0.341 e. The minimum atomic E-state index is -0.402. The molecule has 1 aliphatic rings. The van der Waals surface area contributed by atoms with Crippen LogP contribution in [0.15, 0.2) is 18.2 Å². The van der Waals surface area contributed by atoms with Crippen LogP contribution in [0.5, 0.6) is 11.5 Å². The number of hydrogen-bond donors (Lipinski definition) is 2. The average molecular weight is 405 g/mol. The van der Waals surface area contributed by atoms with Gasteiger partial charge in [-0.15, -0.1) is 11.3 Å². The molecule has 150 valence electrons. The number of amides is 1. The van der Waals surface area contributed by atoms with Gasteiger partial charge in [0.1, 0.15) is 11.5 Å². The molecule has 7 nitrogen and oxygen atoms in total. The third-order valence-electron chi connectivity index (χ3n) is 4.52. The normalized spacial score (nSPS) is 13.3. The SMILES string of the molecule is CCOC(=O)c1c(NC(=O)C[NH+](C)Cc2ccc3c(c2)OCO3)sc(C)c1C.